The van der Waals surface area contributed by atoms with Gasteiger partial charge < -0.3 is 10.2 Å². The number of aromatic nitrogens is 2. The summed E-state index contributed by atoms with van der Waals surface area (Å²) in [7, 11) is 4.28. The van der Waals surface area contributed by atoms with Crippen LogP contribution in [-0.4, -0.2) is 41.8 Å². The molecule has 1 saturated carbocycles. The highest BCUT2D eigenvalue weighted by Gasteiger charge is 2.22. The van der Waals surface area contributed by atoms with Gasteiger partial charge >= 0.3 is 0 Å². The Labute approximate surface area is 147 Å². The van der Waals surface area contributed by atoms with Gasteiger partial charge in [0.15, 0.2) is 0 Å². The molecule has 1 aromatic carbocycles. The Kier molecular flexibility index (Phi) is 5.79. The molecule has 4 nitrogen and oxygen atoms in total. The first-order chi connectivity index (χ1) is 11.6. The molecule has 1 aliphatic rings. The van der Waals surface area contributed by atoms with Crippen LogP contribution in [0.25, 0.3) is 0 Å². The summed E-state index contributed by atoms with van der Waals surface area (Å²) in [6.07, 6.45) is 5.39. The number of benzene rings is 1. The smallest absolute Gasteiger partial charge is 0.205 e. The van der Waals surface area contributed by atoms with E-state index in [1.165, 1.54) is 49.6 Å². The normalized spacial score (nSPS) is 21.2. The average Bonchev–Trinajstić information content (AvgIpc) is 2.98. The third kappa shape index (κ3) is 4.74. The molecule has 6 heteroatoms. The summed E-state index contributed by atoms with van der Waals surface area (Å²) < 4.78 is 13.7. The topological polar surface area (TPSA) is 41.0 Å². The van der Waals surface area contributed by atoms with Crippen LogP contribution in [-0.2, 0) is 6.42 Å². The van der Waals surface area contributed by atoms with Gasteiger partial charge in [0.25, 0.3) is 0 Å². The third-order valence-corrected chi connectivity index (χ3v) is 5.42. The van der Waals surface area contributed by atoms with Gasteiger partial charge in [0.2, 0.25) is 5.13 Å². The zero-order valence-electron chi connectivity index (χ0n) is 14.3. The van der Waals surface area contributed by atoms with Crippen molar-refractivity contribution in [3.05, 3.63) is 40.7 Å². The fourth-order valence-corrected chi connectivity index (χ4v) is 4.21. The molecular weight excluding hydrogens is 323 g/mol. The average molecular weight is 348 g/mol. The highest BCUT2D eigenvalue weighted by molar-refractivity contribution is 7.15. The minimum Gasteiger partial charge on any atom is -0.357 e. The zero-order valence-corrected chi connectivity index (χ0v) is 15.2. The third-order valence-electron chi connectivity index (χ3n) is 4.56. The number of hydrogen-bond acceptors (Lipinski definition) is 5. The van der Waals surface area contributed by atoms with E-state index in [4.69, 9.17) is 0 Å². The predicted molar refractivity (Wildman–Crippen MR) is 97.0 cm³/mol. The summed E-state index contributed by atoms with van der Waals surface area (Å²) in [6, 6.07) is 7.33. The van der Waals surface area contributed by atoms with Crippen LogP contribution in [0.5, 0.6) is 0 Å². The molecule has 0 unspecified atom stereocenters. The first-order valence-electron chi connectivity index (χ1n) is 8.57. The molecule has 1 aromatic heterocycles. The van der Waals surface area contributed by atoms with Crippen LogP contribution < -0.4 is 5.32 Å². The number of hydrogen-bond donors (Lipinski definition) is 1. The predicted octanol–water partition coefficient (Wildman–Crippen LogP) is 3.80. The molecule has 0 spiro atoms. The second-order valence-corrected chi connectivity index (χ2v) is 7.96. The van der Waals surface area contributed by atoms with Crippen molar-refractivity contribution >= 4 is 16.5 Å². The van der Waals surface area contributed by atoms with E-state index in [9.17, 15) is 4.39 Å². The van der Waals surface area contributed by atoms with Crippen molar-refractivity contribution in [1.29, 1.82) is 0 Å². The Balaban J connectivity index is 1.51. The fourth-order valence-electron chi connectivity index (χ4n) is 3.37. The fraction of sp³-hybridized carbons (Fsp3) is 0.556. The van der Waals surface area contributed by atoms with Gasteiger partial charge in [-0.1, -0.05) is 29.5 Å². The van der Waals surface area contributed by atoms with E-state index in [0.29, 0.717) is 18.0 Å². The lowest BCUT2D eigenvalue weighted by Crippen LogP contribution is -2.30. The Bertz CT molecular complexity index is 650. The number of halogens is 1. The second kappa shape index (κ2) is 8.03. The van der Waals surface area contributed by atoms with Crippen molar-refractivity contribution in [2.24, 2.45) is 5.92 Å². The summed E-state index contributed by atoms with van der Waals surface area (Å²) in [4.78, 5) is 2.28. The summed E-state index contributed by atoms with van der Waals surface area (Å²) in [5.74, 6) is 0.630. The largest absolute Gasteiger partial charge is 0.357 e. The van der Waals surface area contributed by atoms with E-state index in [0.717, 1.165) is 16.1 Å². The summed E-state index contributed by atoms with van der Waals surface area (Å²) in [6.45, 7) is 1.18. The van der Waals surface area contributed by atoms with Crippen molar-refractivity contribution in [1.82, 2.24) is 15.1 Å². The van der Waals surface area contributed by atoms with E-state index >= 15 is 0 Å². The molecule has 0 amide bonds. The summed E-state index contributed by atoms with van der Waals surface area (Å²) in [5.41, 5.74) is 0.671. The Morgan fingerprint density at radius 2 is 1.92 bits per heavy atom. The first-order valence-corrected chi connectivity index (χ1v) is 9.39. The van der Waals surface area contributed by atoms with Crippen LogP contribution in [0.2, 0.25) is 0 Å². The monoisotopic (exact) mass is 348 g/mol. The maximum atomic E-state index is 13.7. The lowest BCUT2D eigenvalue weighted by atomic mass is 9.86. The van der Waals surface area contributed by atoms with E-state index in [-0.39, 0.29) is 5.82 Å². The van der Waals surface area contributed by atoms with Gasteiger partial charge in [-0.15, -0.1) is 10.2 Å². The van der Waals surface area contributed by atoms with Crippen molar-refractivity contribution in [3.8, 4) is 0 Å². The number of rotatable bonds is 6. The Morgan fingerprint density at radius 3 is 2.62 bits per heavy atom. The molecule has 24 heavy (non-hydrogen) atoms. The minimum atomic E-state index is -0.179. The Morgan fingerprint density at radius 1 is 1.17 bits per heavy atom. The SMILES string of the molecule is CN(C)CC1CCC(Nc2nnc(Cc3ccccc3F)s2)CC1. The van der Waals surface area contributed by atoms with Gasteiger partial charge in [0, 0.05) is 19.0 Å². The molecule has 1 N–H and O–H groups in total. The molecule has 0 atom stereocenters. The molecule has 0 saturated heterocycles. The molecule has 1 aliphatic carbocycles. The van der Waals surface area contributed by atoms with Crippen LogP contribution in [0.3, 0.4) is 0 Å². The zero-order chi connectivity index (χ0) is 16.9. The van der Waals surface area contributed by atoms with E-state index in [1.807, 2.05) is 6.07 Å². The van der Waals surface area contributed by atoms with E-state index < -0.39 is 0 Å². The van der Waals surface area contributed by atoms with Crippen LogP contribution in [0.4, 0.5) is 9.52 Å². The van der Waals surface area contributed by atoms with Crippen molar-refractivity contribution < 1.29 is 4.39 Å². The van der Waals surface area contributed by atoms with Crippen LogP contribution in [0.15, 0.2) is 24.3 Å². The summed E-state index contributed by atoms with van der Waals surface area (Å²) >= 11 is 1.53. The molecule has 1 heterocycles. The van der Waals surface area contributed by atoms with Gasteiger partial charge in [-0.3, -0.25) is 0 Å². The van der Waals surface area contributed by atoms with Crippen molar-refractivity contribution in [3.63, 3.8) is 0 Å². The molecule has 0 aliphatic heterocycles. The maximum absolute atomic E-state index is 13.7. The summed E-state index contributed by atoms with van der Waals surface area (Å²) in [5, 5.41) is 13.7. The number of nitrogens with zero attached hydrogens (tertiary/aromatic N) is 3. The van der Waals surface area contributed by atoms with Crippen LogP contribution >= 0.6 is 11.3 Å². The molecule has 3 rings (SSSR count). The highest BCUT2D eigenvalue weighted by atomic mass is 32.1. The van der Waals surface area contributed by atoms with Gasteiger partial charge in [-0.05, 0) is 57.3 Å². The van der Waals surface area contributed by atoms with Crippen LogP contribution in [0, 0.1) is 11.7 Å². The minimum absolute atomic E-state index is 0.179. The Hall–Kier alpha value is -1.53. The molecule has 2 aromatic rings. The maximum Gasteiger partial charge on any atom is 0.205 e. The van der Waals surface area contributed by atoms with E-state index in [1.54, 1.807) is 12.1 Å². The molecule has 0 bridgehead atoms. The van der Waals surface area contributed by atoms with E-state index in [2.05, 4.69) is 34.5 Å². The van der Waals surface area contributed by atoms with Gasteiger partial charge in [0.05, 0.1) is 0 Å². The number of nitrogens with one attached hydrogen (secondary N) is 1. The molecule has 0 radical (unpaired) electrons. The quantitative estimate of drug-likeness (QED) is 0.862. The second-order valence-electron chi connectivity index (χ2n) is 6.89. The molecule has 1 fully saturated rings. The highest BCUT2D eigenvalue weighted by Crippen LogP contribution is 2.28. The molecule has 130 valence electrons. The van der Waals surface area contributed by atoms with Gasteiger partial charge in [0.1, 0.15) is 10.8 Å². The lowest BCUT2D eigenvalue weighted by Gasteiger charge is -2.30. The van der Waals surface area contributed by atoms with Crippen molar-refractivity contribution in [2.45, 2.75) is 38.1 Å². The first kappa shape index (κ1) is 17.3. The molecular formula is C18H25FN4S. The van der Waals surface area contributed by atoms with Crippen molar-refractivity contribution in [2.75, 3.05) is 26.0 Å². The van der Waals surface area contributed by atoms with Gasteiger partial charge in [-0.25, -0.2) is 4.39 Å². The lowest BCUT2D eigenvalue weighted by molar-refractivity contribution is 0.255. The standard InChI is InChI=1S/C18H25FN4S/c1-23(2)12-13-7-9-15(10-8-13)20-18-22-21-17(24-18)11-14-5-3-4-6-16(14)19/h3-6,13,15H,7-12H2,1-2H3,(H,20,22). The number of anilines is 1. The van der Waals surface area contributed by atoms with Crippen LogP contribution in [0.1, 0.15) is 36.3 Å². The van der Waals surface area contributed by atoms with Gasteiger partial charge in [-0.2, -0.15) is 0 Å².